The Morgan fingerprint density at radius 3 is 1.78 bits per heavy atom. The van der Waals surface area contributed by atoms with Crippen LogP contribution in [0, 0.1) is 0 Å². The Labute approximate surface area is 392 Å². The number of phenols is 1. The van der Waals surface area contributed by atoms with E-state index >= 15 is 0 Å². The van der Waals surface area contributed by atoms with Gasteiger partial charge in [0.25, 0.3) is 0 Å². The Kier molecular flexibility index (Phi) is 10.0. The van der Waals surface area contributed by atoms with E-state index in [9.17, 15) is 5.11 Å². The highest BCUT2D eigenvalue weighted by molar-refractivity contribution is 6.10. The van der Waals surface area contributed by atoms with Crippen LogP contribution in [0.25, 0.3) is 100 Å². The number of pyridine rings is 1. The third kappa shape index (κ3) is 7.37. The number of imidazole rings is 1. The number of hydrogen-bond donors (Lipinski definition) is 1. The standard InChI is InChI=1S/C62H52N4O/c1-61(2,3)45-36-50(59(67)52(37-45)62(4,5)6)60-64-58-48(29-20-32-56(58)66(60)54-30-18-16-27-47(54)41-23-12-8-13-24-41)43-33-42(40-21-10-7-11-22-40)34-44(35-43)53-38-57-51(39-63-53)49-28-17-19-31-55(49)65(57)46-25-14-9-15-26-46/h7-39,67H,1-6H3. The maximum Gasteiger partial charge on any atom is 0.149 e. The van der Waals surface area contributed by atoms with Gasteiger partial charge in [0.05, 0.1) is 39.0 Å². The predicted molar refractivity (Wildman–Crippen MR) is 279 cm³/mol. The van der Waals surface area contributed by atoms with Gasteiger partial charge in [-0.05, 0) is 99.3 Å². The van der Waals surface area contributed by atoms with E-state index in [4.69, 9.17) is 9.97 Å². The highest BCUT2D eigenvalue weighted by atomic mass is 16.3. The average Bonchev–Trinajstić information content (AvgIpc) is 3.90. The number of aromatic nitrogens is 4. The molecule has 0 unspecified atom stereocenters. The summed E-state index contributed by atoms with van der Waals surface area (Å²) in [6, 6.07) is 68.6. The van der Waals surface area contributed by atoms with Crippen LogP contribution >= 0.6 is 0 Å². The molecule has 5 nitrogen and oxygen atoms in total. The van der Waals surface area contributed by atoms with Crippen molar-refractivity contribution in [2.24, 2.45) is 0 Å². The third-order valence-corrected chi connectivity index (χ3v) is 13.2. The summed E-state index contributed by atoms with van der Waals surface area (Å²) in [7, 11) is 0. The Bertz CT molecular complexity index is 3640. The molecule has 11 rings (SSSR count). The first-order valence-corrected chi connectivity index (χ1v) is 23.1. The number of hydrogen-bond acceptors (Lipinski definition) is 3. The van der Waals surface area contributed by atoms with Crippen LogP contribution in [-0.2, 0) is 10.8 Å². The Balaban J connectivity index is 1.20. The lowest BCUT2D eigenvalue weighted by molar-refractivity contribution is 0.446. The van der Waals surface area contributed by atoms with Crippen molar-refractivity contribution in [3.8, 4) is 73.2 Å². The van der Waals surface area contributed by atoms with Gasteiger partial charge in [-0.1, -0.05) is 175 Å². The van der Waals surface area contributed by atoms with Gasteiger partial charge < -0.3 is 9.67 Å². The van der Waals surface area contributed by atoms with Crippen molar-refractivity contribution in [1.29, 1.82) is 0 Å². The average molecular weight is 869 g/mol. The van der Waals surface area contributed by atoms with Gasteiger partial charge in [-0.15, -0.1) is 0 Å². The van der Waals surface area contributed by atoms with Gasteiger partial charge in [-0.25, -0.2) is 4.98 Å². The van der Waals surface area contributed by atoms with Gasteiger partial charge in [0.15, 0.2) is 0 Å². The van der Waals surface area contributed by atoms with E-state index in [-0.39, 0.29) is 16.6 Å². The molecule has 0 bridgehead atoms. The number of para-hydroxylation sites is 4. The maximum atomic E-state index is 12.5. The molecule has 326 valence electrons. The number of fused-ring (bicyclic) bond motifs is 4. The largest absolute Gasteiger partial charge is 0.507 e. The minimum Gasteiger partial charge on any atom is -0.507 e. The molecule has 1 N–H and O–H groups in total. The molecule has 0 saturated carbocycles. The van der Waals surface area contributed by atoms with E-state index in [1.54, 1.807) is 0 Å². The van der Waals surface area contributed by atoms with Gasteiger partial charge in [0.1, 0.15) is 11.6 Å². The maximum absolute atomic E-state index is 12.5. The normalized spacial score (nSPS) is 12.1. The molecule has 11 aromatic rings. The van der Waals surface area contributed by atoms with Crippen molar-refractivity contribution in [1.82, 2.24) is 19.1 Å². The van der Waals surface area contributed by atoms with Crippen LogP contribution in [0.3, 0.4) is 0 Å². The molecular weight excluding hydrogens is 817 g/mol. The van der Waals surface area contributed by atoms with E-state index in [1.165, 1.54) is 5.39 Å². The number of benzene rings is 8. The van der Waals surface area contributed by atoms with Crippen molar-refractivity contribution >= 4 is 32.8 Å². The Morgan fingerprint density at radius 1 is 0.433 bits per heavy atom. The molecular formula is C62H52N4O. The van der Waals surface area contributed by atoms with Gasteiger partial charge >= 0.3 is 0 Å². The fourth-order valence-electron chi connectivity index (χ4n) is 9.70. The van der Waals surface area contributed by atoms with Crippen LogP contribution in [0.1, 0.15) is 52.7 Å². The summed E-state index contributed by atoms with van der Waals surface area (Å²) in [5, 5.41) is 14.8. The summed E-state index contributed by atoms with van der Waals surface area (Å²) in [6.07, 6.45) is 2.03. The van der Waals surface area contributed by atoms with Gasteiger partial charge in [-0.2, -0.15) is 0 Å². The third-order valence-electron chi connectivity index (χ3n) is 13.2. The zero-order valence-electron chi connectivity index (χ0n) is 38.8. The van der Waals surface area contributed by atoms with Gasteiger partial charge in [0, 0.05) is 44.9 Å². The predicted octanol–water partition coefficient (Wildman–Crippen LogP) is 16.2. The molecule has 3 heterocycles. The summed E-state index contributed by atoms with van der Waals surface area (Å²) < 4.78 is 4.60. The number of rotatable bonds is 7. The second-order valence-corrected chi connectivity index (χ2v) is 19.7. The zero-order chi connectivity index (χ0) is 46.0. The summed E-state index contributed by atoms with van der Waals surface area (Å²) >= 11 is 0. The molecule has 5 heteroatoms. The second kappa shape index (κ2) is 16.1. The summed E-state index contributed by atoms with van der Waals surface area (Å²) in [6.45, 7) is 13.2. The van der Waals surface area contributed by atoms with Crippen LogP contribution in [0.15, 0.2) is 200 Å². The first kappa shape index (κ1) is 41.7. The summed E-state index contributed by atoms with van der Waals surface area (Å²) in [4.78, 5) is 10.9. The van der Waals surface area contributed by atoms with Crippen molar-refractivity contribution in [2.75, 3.05) is 0 Å². The fraction of sp³-hybridized carbons (Fsp3) is 0.129. The second-order valence-electron chi connectivity index (χ2n) is 19.7. The molecule has 0 radical (unpaired) electrons. The summed E-state index contributed by atoms with van der Waals surface area (Å²) in [5.41, 5.74) is 16.5. The number of nitrogens with zero attached hydrogens (tertiary/aromatic N) is 4. The molecule has 3 aromatic heterocycles. The SMILES string of the molecule is CC(C)(C)c1cc(-c2nc3c(-c4cc(-c5ccccc5)cc(-c5cc6c(cn5)c5ccccc5n6-c5ccccc5)c4)cccc3n2-c2ccccc2-c2ccccc2)c(O)c(C(C)(C)C)c1. The molecule has 0 atom stereocenters. The molecule has 0 spiro atoms. The molecule has 0 aliphatic heterocycles. The zero-order valence-corrected chi connectivity index (χ0v) is 38.8. The van der Waals surface area contributed by atoms with Crippen LogP contribution in [0.4, 0.5) is 0 Å². The molecule has 67 heavy (non-hydrogen) atoms. The smallest absolute Gasteiger partial charge is 0.149 e. The van der Waals surface area contributed by atoms with Crippen LogP contribution in [-0.4, -0.2) is 24.2 Å². The number of aromatic hydroxyl groups is 1. The lowest BCUT2D eigenvalue weighted by Crippen LogP contribution is -2.17. The van der Waals surface area contributed by atoms with Crippen molar-refractivity contribution in [3.63, 3.8) is 0 Å². The quantitative estimate of drug-likeness (QED) is 0.174. The van der Waals surface area contributed by atoms with Crippen LogP contribution in [0.5, 0.6) is 5.75 Å². The monoisotopic (exact) mass is 868 g/mol. The molecule has 0 aliphatic rings. The molecule has 0 fully saturated rings. The first-order chi connectivity index (χ1) is 32.4. The highest BCUT2D eigenvalue weighted by Gasteiger charge is 2.29. The van der Waals surface area contributed by atoms with Crippen molar-refractivity contribution < 1.29 is 5.11 Å². The van der Waals surface area contributed by atoms with Gasteiger partial charge in [0.2, 0.25) is 0 Å². The minimum atomic E-state index is -0.329. The first-order valence-electron chi connectivity index (χ1n) is 23.1. The highest BCUT2D eigenvalue weighted by Crippen LogP contribution is 2.46. The van der Waals surface area contributed by atoms with E-state index in [2.05, 4.69) is 245 Å². The lowest BCUT2D eigenvalue weighted by atomic mass is 9.79. The molecule has 8 aromatic carbocycles. The Hall–Kier alpha value is -8.02. The van der Waals surface area contributed by atoms with Crippen molar-refractivity contribution in [2.45, 2.75) is 52.4 Å². The molecule has 0 saturated heterocycles. The van der Waals surface area contributed by atoms with E-state index in [0.717, 1.165) is 94.6 Å². The van der Waals surface area contributed by atoms with E-state index in [0.29, 0.717) is 11.4 Å². The minimum absolute atomic E-state index is 0.187. The van der Waals surface area contributed by atoms with Crippen LogP contribution in [0.2, 0.25) is 0 Å². The number of phenolic OH excluding ortho intramolecular Hbond substituents is 1. The topological polar surface area (TPSA) is 55.9 Å². The van der Waals surface area contributed by atoms with Gasteiger partial charge in [-0.3, -0.25) is 9.55 Å². The summed E-state index contributed by atoms with van der Waals surface area (Å²) in [5.74, 6) is 0.929. The van der Waals surface area contributed by atoms with E-state index < -0.39 is 0 Å². The van der Waals surface area contributed by atoms with Crippen molar-refractivity contribution in [3.05, 3.63) is 211 Å². The Morgan fingerprint density at radius 2 is 1.04 bits per heavy atom. The lowest BCUT2D eigenvalue weighted by Gasteiger charge is -2.27. The molecule has 0 aliphatic carbocycles. The van der Waals surface area contributed by atoms with Crippen LogP contribution < -0.4 is 0 Å². The van der Waals surface area contributed by atoms with E-state index in [1.807, 2.05) is 6.20 Å². The fourth-order valence-corrected chi connectivity index (χ4v) is 9.70. The molecule has 0 amide bonds.